The highest BCUT2D eigenvalue weighted by molar-refractivity contribution is 6.39. The van der Waals surface area contributed by atoms with E-state index in [1.165, 1.54) is 49.0 Å². The monoisotopic (exact) mass is 1390 g/mol. The molecule has 532 valence electrons. The first-order valence-corrected chi connectivity index (χ1v) is 32.1. The van der Waals surface area contributed by atoms with E-state index in [1.54, 1.807) is 41.5 Å². The number of fused-ring (bicyclic) bond motifs is 4. The average molecular weight is 1390 g/mol. The molecule has 10 aliphatic heterocycles. The predicted molar refractivity (Wildman–Crippen MR) is 308 cm³/mol. The predicted octanol–water partition coefficient (Wildman–Crippen LogP) is 0.749. The first-order chi connectivity index (χ1) is 44.3. The van der Waals surface area contributed by atoms with Crippen LogP contribution < -0.4 is 0 Å². The number of phenols is 2. The van der Waals surface area contributed by atoms with Gasteiger partial charge in [0.2, 0.25) is 6.29 Å². The maximum Gasteiger partial charge on any atom is 0.342 e. The third-order valence-corrected chi connectivity index (χ3v) is 20.0. The molecule has 10 fully saturated rings. The summed E-state index contributed by atoms with van der Waals surface area (Å²) < 4.78 is 136. The molecule has 94 heavy (non-hydrogen) atoms. The van der Waals surface area contributed by atoms with Crippen LogP contribution in [-0.2, 0) is 114 Å². The van der Waals surface area contributed by atoms with Gasteiger partial charge in [-0.2, -0.15) is 0 Å². The fourth-order valence-corrected chi connectivity index (χ4v) is 14.8. The summed E-state index contributed by atoms with van der Waals surface area (Å²) in [4.78, 5) is 39.6. The van der Waals surface area contributed by atoms with Crippen molar-refractivity contribution in [1.82, 2.24) is 0 Å². The zero-order valence-corrected chi connectivity index (χ0v) is 55.5. The number of aliphatic hydroxyl groups is 5. The van der Waals surface area contributed by atoms with Gasteiger partial charge < -0.3 is 140 Å². The fourth-order valence-electron chi connectivity index (χ4n) is 14.4. The Morgan fingerprint density at radius 1 is 0.638 bits per heavy atom. The summed E-state index contributed by atoms with van der Waals surface area (Å²) in [6, 6.07) is 0. The second-order valence-corrected chi connectivity index (χ2v) is 26.8. The van der Waals surface area contributed by atoms with Crippen LogP contribution in [0.5, 0.6) is 11.5 Å². The van der Waals surface area contributed by atoms with Gasteiger partial charge in [-0.1, -0.05) is 37.0 Å². The van der Waals surface area contributed by atoms with Crippen LogP contribution in [0, 0.1) is 12.8 Å². The third kappa shape index (κ3) is 13.0. The number of aliphatic hydroxyl groups excluding tert-OH is 4. The number of esters is 2. The molecular weight excluding hydrogens is 1300 g/mol. The molecule has 34 heteroatoms. The molecule has 10 aliphatic rings. The zero-order valence-electron chi connectivity index (χ0n) is 54.0. The zero-order chi connectivity index (χ0) is 68.2. The van der Waals surface area contributed by atoms with Crippen molar-refractivity contribution in [3.8, 4) is 11.5 Å². The van der Waals surface area contributed by atoms with Crippen molar-refractivity contribution in [2.24, 2.45) is 5.92 Å². The second-order valence-electron chi connectivity index (χ2n) is 26.0. The molecule has 1 aromatic rings. The number of hydrogen-bond donors (Lipinski definition) is 7. The SMILES string of the molecule is COC[C@H]1O[C@@H](O[C@H]2OC[C@@H]3O[C@]4(O[C@H]3[C@H]2OC(=O)C(C)C)O[C@H](C)[C@@](O)(C(C)=O)[C@@H]2OCO[C@H]24)[C@@H](OC)[C@@H](O)[C@@H]1O[C@@H]1O[C@H](C)[C@H](OC)[C@H](O[C@H]2C[C@@]3(C)OC4(C[C@@H](O)[C@H](O[C@H]5C[C@@H](O)[C@H](OC(=O)c6c(C)c(Cl)c(O)c(Cl)c6O)[C@@H](C)O5)[C@@H](C)O4)O[C@@H]3[C@@H](C)O2)[C@H]1O. The minimum atomic E-state index is -2.13. The maximum atomic E-state index is 13.4. The fraction of sp³-hybridized carbons (Fsp3) is 0.850. The Hall–Kier alpha value is -2.99. The normalized spacial score (nSPS) is 47.7. The minimum Gasteiger partial charge on any atom is -0.505 e. The van der Waals surface area contributed by atoms with Gasteiger partial charge in [0.1, 0.15) is 96.2 Å². The van der Waals surface area contributed by atoms with Gasteiger partial charge in [0.15, 0.2) is 66.4 Å². The Bertz CT molecular complexity index is 2840. The van der Waals surface area contributed by atoms with Gasteiger partial charge in [0.25, 0.3) is 5.97 Å². The largest absolute Gasteiger partial charge is 0.505 e. The number of methoxy groups -OCH3 is 3. The quantitative estimate of drug-likeness (QED) is 0.106. The van der Waals surface area contributed by atoms with Gasteiger partial charge in [0.05, 0.1) is 73.3 Å². The van der Waals surface area contributed by atoms with Crippen molar-refractivity contribution < 1.29 is 154 Å². The summed E-state index contributed by atoms with van der Waals surface area (Å²) in [5, 5.41) is 78.9. The van der Waals surface area contributed by atoms with Crippen LogP contribution in [0.15, 0.2) is 0 Å². The average Bonchev–Trinajstić information content (AvgIpc) is 1.53. The Labute approximate surface area is 550 Å². The minimum absolute atomic E-state index is 0.00412. The van der Waals surface area contributed by atoms with Crippen molar-refractivity contribution >= 4 is 40.9 Å². The highest BCUT2D eigenvalue weighted by Crippen LogP contribution is 2.53. The topological polar surface area (TPSA) is 396 Å². The molecule has 0 bridgehead atoms. The number of carbonyl (C=O) groups is 3. The van der Waals surface area contributed by atoms with E-state index in [0.717, 1.165) is 0 Å². The molecule has 7 N–H and O–H groups in total. The van der Waals surface area contributed by atoms with Gasteiger partial charge >= 0.3 is 17.9 Å². The standard InChI is InChI=1S/C60H86Cl2O32/c1-20(2)52(70)86-48-45-31(91-60(92-45)51-50(77-19-78-51)59(72,26(8)63)27(9)90-60)18-76-55(48)88-56-47(75-13)39(68)44(30(82-56)17-73-11)87-54-40(69)46(43(74-12)23(5)81-54)84-33-16-57(10)49(25(7)80-33)93-58(94-57)15-29(65)42(24(6)89-58)83-32-14-28(64)41(22(4)79-32)85-53(71)34-21(3)35(61)38(67)36(62)37(34)66/h20,22-25,27-33,39-51,54-56,64-69,72H,14-19H2,1-13H3/t22-,23-,24-,25-,27-,28-,29-,30-,31+,32+,33+,39+,40-,41-,42-,43+,44-,45-,46-,47+,48-,49-,50-,51-,54+,55-,56+,57-,58?,59+,60-/m1/s1. The molecule has 31 atom stereocenters. The van der Waals surface area contributed by atoms with E-state index in [-0.39, 0.29) is 49.9 Å². The molecule has 10 heterocycles. The summed E-state index contributed by atoms with van der Waals surface area (Å²) in [7, 11) is 4.09. The van der Waals surface area contributed by atoms with Gasteiger partial charge in [-0.25, -0.2) is 4.79 Å². The molecule has 0 aliphatic carbocycles. The van der Waals surface area contributed by atoms with Crippen LogP contribution in [0.3, 0.4) is 0 Å². The number of benzene rings is 1. The van der Waals surface area contributed by atoms with Crippen LogP contribution >= 0.6 is 23.2 Å². The van der Waals surface area contributed by atoms with Gasteiger partial charge in [-0.3, -0.25) is 9.59 Å². The third-order valence-electron chi connectivity index (χ3n) is 19.2. The van der Waals surface area contributed by atoms with Crippen LogP contribution in [0.4, 0.5) is 0 Å². The van der Waals surface area contributed by atoms with Crippen LogP contribution in [0.2, 0.25) is 10.0 Å². The van der Waals surface area contributed by atoms with Crippen molar-refractivity contribution in [3.63, 3.8) is 0 Å². The number of phenolic OH excluding ortho intramolecular Hbond substituents is 2. The molecule has 10 saturated heterocycles. The molecule has 0 aromatic heterocycles. The van der Waals surface area contributed by atoms with E-state index in [4.69, 9.17) is 127 Å². The Morgan fingerprint density at radius 2 is 1.32 bits per heavy atom. The highest BCUT2D eigenvalue weighted by atomic mass is 35.5. The molecule has 2 spiro atoms. The van der Waals surface area contributed by atoms with Crippen molar-refractivity contribution in [3.05, 3.63) is 21.2 Å². The van der Waals surface area contributed by atoms with E-state index in [0.29, 0.717) is 0 Å². The van der Waals surface area contributed by atoms with Crippen molar-refractivity contribution in [2.75, 3.05) is 41.3 Å². The summed E-state index contributed by atoms with van der Waals surface area (Å²) in [5.41, 5.74) is -3.75. The molecule has 0 radical (unpaired) electrons. The number of ether oxygens (including phenoxy) is 22. The van der Waals surface area contributed by atoms with Crippen molar-refractivity contribution in [1.29, 1.82) is 0 Å². The molecule has 0 saturated carbocycles. The van der Waals surface area contributed by atoms with Gasteiger partial charge in [-0.05, 0) is 61.0 Å². The molecule has 1 unspecified atom stereocenters. The molecular formula is C60H86Cl2O32. The van der Waals surface area contributed by atoms with Crippen molar-refractivity contribution in [2.45, 2.75) is 277 Å². The van der Waals surface area contributed by atoms with Crippen LogP contribution in [0.1, 0.15) is 97.5 Å². The maximum absolute atomic E-state index is 13.4. The number of rotatable bonds is 17. The summed E-state index contributed by atoms with van der Waals surface area (Å²) in [6.07, 6.45) is -33.1. The van der Waals surface area contributed by atoms with E-state index < -0.39 is 235 Å². The molecule has 0 amide bonds. The van der Waals surface area contributed by atoms with E-state index in [1.807, 2.05) is 0 Å². The molecule has 11 rings (SSSR count). The number of hydrogen-bond acceptors (Lipinski definition) is 32. The number of halogens is 2. The van der Waals surface area contributed by atoms with E-state index in [2.05, 4.69) is 0 Å². The van der Waals surface area contributed by atoms with Gasteiger partial charge in [0, 0.05) is 34.2 Å². The Morgan fingerprint density at radius 3 is 1.98 bits per heavy atom. The van der Waals surface area contributed by atoms with Crippen LogP contribution in [0.25, 0.3) is 0 Å². The number of ketones is 1. The highest BCUT2D eigenvalue weighted by Gasteiger charge is 2.73. The number of Topliss-reactive ketones (excluding diaryl/α,β-unsaturated/α-hetero) is 1. The summed E-state index contributed by atoms with van der Waals surface area (Å²) >= 11 is 12.1. The first-order valence-electron chi connectivity index (χ1n) is 31.3. The number of aromatic hydroxyl groups is 2. The summed E-state index contributed by atoms with van der Waals surface area (Å²) in [6.45, 7) is 14.8. The summed E-state index contributed by atoms with van der Waals surface area (Å²) in [5.74, 6) is -8.30. The lowest BCUT2D eigenvalue weighted by molar-refractivity contribution is -0.428. The van der Waals surface area contributed by atoms with E-state index >= 15 is 0 Å². The number of carbonyl (C=O) groups excluding carboxylic acids is 3. The molecule has 32 nitrogen and oxygen atoms in total. The van der Waals surface area contributed by atoms with Crippen LogP contribution in [-0.4, -0.2) is 284 Å². The second kappa shape index (κ2) is 27.9. The Kier molecular flexibility index (Phi) is 21.4. The van der Waals surface area contributed by atoms with E-state index in [9.17, 15) is 50.1 Å². The Balaban J connectivity index is 0.723. The lowest BCUT2D eigenvalue weighted by atomic mass is 9.81. The smallest absolute Gasteiger partial charge is 0.342 e. The lowest BCUT2D eigenvalue weighted by Crippen LogP contribution is -2.72. The lowest BCUT2D eigenvalue weighted by Gasteiger charge is -2.49. The van der Waals surface area contributed by atoms with Gasteiger partial charge in [-0.15, -0.1) is 0 Å². The first kappa shape index (κ1) is 72.3. The molecule has 1 aromatic carbocycles.